The van der Waals surface area contributed by atoms with Crippen molar-refractivity contribution in [2.45, 2.75) is 58.4 Å². The van der Waals surface area contributed by atoms with Gasteiger partial charge >= 0.3 is 0 Å². The van der Waals surface area contributed by atoms with E-state index >= 15 is 0 Å². The van der Waals surface area contributed by atoms with Crippen molar-refractivity contribution in [3.8, 4) is 0 Å². The molecule has 1 aromatic rings. The Kier molecular flexibility index (Phi) is 6.72. The molecule has 1 atom stereocenters. The van der Waals surface area contributed by atoms with Crippen molar-refractivity contribution in [1.29, 1.82) is 0 Å². The number of rotatable bonds is 9. The number of likely N-dealkylation sites (N-methyl/N-ethyl adjacent to an activating group) is 1. The molecule has 1 saturated carbocycles. The third-order valence-electron chi connectivity index (χ3n) is 4.64. The SMILES string of the molecule is CCNC(COCCC1CCC1)c1ccc(C(C)C)cc1. The minimum absolute atomic E-state index is 0.317. The van der Waals surface area contributed by atoms with E-state index < -0.39 is 0 Å². The summed E-state index contributed by atoms with van der Waals surface area (Å²) in [7, 11) is 0. The van der Waals surface area contributed by atoms with Crippen molar-refractivity contribution in [3.63, 3.8) is 0 Å². The molecule has 0 saturated heterocycles. The van der Waals surface area contributed by atoms with Crippen LogP contribution in [0.25, 0.3) is 0 Å². The standard InChI is InChI=1S/C19H31NO/c1-4-20-19(14-21-13-12-16-6-5-7-16)18-10-8-17(9-11-18)15(2)3/h8-11,15-16,19-20H,4-7,12-14H2,1-3H3. The highest BCUT2D eigenvalue weighted by molar-refractivity contribution is 5.27. The van der Waals surface area contributed by atoms with Crippen LogP contribution in [-0.4, -0.2) is 19.8 Å². The van der Waals surface area contributed by atoms with Crippen LogP contribution in [0.1, 0.15) is 69.5 Å². The summed E-state index contributed by atoms with van der Waals surface area (Å²) < 4.78 is 5.92. The Morgan fingerprint density at radius 2 is 1.81 bits per heavy atom. The summed E-state index contributed by atoms with van der Waals surface area (Å²) in [5.41, 5.74) is 2.74. The quantitative estimate of drug-likeness (QED) is 0.667. The van der Waals surface area contributed by atoms with Crippen molar-refractivity contribution in [3.05, 3.63) is 35.4 Å². The lowest BCUT2D eigenvalue weighted by atomic mass is 9.83. The van der Waals surface area contributed by atoms with E-state index in [2.05, 4.69) is 50.4 Å². The number of hydrogen-bond donors (Lipinski definition) is 1. The lowest BCUT2D eigenvalue weighted by Crippen LogP contribution is -2.26. The Bertz CT molecular complexity index is 395. The van der Waals surface area contributed by atoms with Gasteiger partial charge in [-0.1, -0.05) is 64.3 Å². The van der Waals surface area contributed by atoms with E-state index in [4.69, 9.17) is 4.74 Å². The van der Waals surface area contributed by atoms with Crippen LogP contribution in [0.5, 0.6) is 0 Å². The second-order valence-corrected chi connectivity index (χ2v) is 6.59. The van der Waals surface area contributed by atoms with Crippen LogP contribution in [0.4, 0.5) is 0 Å². The van der Waals surface area contributed by atoms with Gasteiger partial charge in [0.2, 0.25) is 0 Å². The first-order valence-corrected chi connectivity index (χ1v) is 8.61. The van der Waals surface area contributed by atoms with Crippen molar-refractivity contribution in [2.75, 3.05) is 19.8 Å². The van der Waals surface area contributed by atoms with Gasteiger partial charge in [-0.3, -0.25) is 0 Å². The van der Waals surface area contributed by atoms with Gasteiger partial charge in [-0.15, -0.1) is 0 Å². The van der Waals surface area contributed by atoms with E-state index in [0.717, 1.165) is 25.7 Å². The molecule has 0 radical (unpaired) electrons. The molecule has 1 N–H and O–H groups in total. The fraction of sp³-hybridized carbons (Fsp3) is 0.684. The monoisotopic (exact) mass is 289 g/mol. The van der Waals surface area contributed by atoms with Gasteiger partial charge in [0.1, 0.15) is 0 Å². The predicted molar refractivity (Wildman–Crippen MR) is 89.7 cm³/mol. The molecule has 0 aromatic heterocycles. The number of hydrogen-bond acceptors (Lipinski definition) is 2. The van der Waals surface area contributed by atoms with E-state index in [1.807, 2.05) is 0 Å². The molecule has 1 fully saturated rings. The summed E-state index contributed by atoms with van der Waals surface area (Å²) in [6, 6.07) is 9.31. The molecular formula is C19H31NO. The maximum atomic E-state index is 5.92. The fourth-order valence-corrected chi connectivity index (χ4v) is 2.87. The highest BCUT2D eigenvalue weighted by Gasteiger charge is 2.17. The van der Waals surface area contributed by atoms with E-state index in [9.17, 15) is 0 Å². The van der Waals surface area contributed by atoms with Gasteiger partial charge in [-0.25, -0.2) is 0 Å². The van der Waals surface area contributed by atoms with Crippen molar-refractivity contribution in [1.82, 2.24) is 5.32 Å². The highest BCUT2D eigenvalue weighted by atomic mass is 16.5. The first-order chi connectivity index (χ1) is 10.2. The molecule has 1 aliphatic rings. The van der Waals surface area contributed by atoms with Crippen LogP contribution in [0.3, 0.4) is 0 Å². The van der Waals surface area contributed by atoms with Gasteiger partial charge in [0, 0.05) is 6.61 Å². The first-order valence-electron chi connectivity index (χ1n) is 8.61. The number of benzene rings is 1. The molecule has 0 aliphatic heterocycles. The molecule has 0 heterocycles. The summed E-state index contributed by atoms with van der Waals surface area (Å²) >= 11 is 0. The van der Waals surface area contributed by atoms with Crippen LogP contribution in [0.2, 0.25) is 0 Å². The third kappa shape index (κ3) is 5.12. The van der Waals surface area contributed by atoms with Crippen LogP contribution in [0.15, 0.2) is 24.3 Å². The molecule has 1 aromatic carbocycles. The molecule has 1 unspecified atom stereocenters. The zero-order valence-electron chi connectivity index (χ0n) is 13.9. The normalized spacial score (nSPS) is 17.0. The van der Waals surface area contributed by atoms with Gasteiger partial charge in [0.15, 0.2) is 0 Å². The van der Waals surface area contributed by atoms with Gasteiger partial charge in [-0.2, -0.15) is 0 Å². The summed E-state index contributed by atoms with van der Waals surface area (Å²) in [5.74, 6) is 1.53. The molecule has 1 aliphatic carbocycles. The lowest BCUT2D eigenvalue weighted by Gasteiger charge is -2.25. The molecule has 2 rings (SSSR count). The van der Waals surface area contributed by atoms with Gasteiger partial charge < -0.3 is 10.1 Å². The molecule has 21 heavy (non-hydrogen) atoms. The average Bonchev–Trinajstić information content (AvgIpc) is 2.44. The van der Waals surface area contributed by atoms with Gasteiger partial charge in [-0.05, 0) is 35.9 Å². The largest absolute Gasteiger partial charge is 0.379 e. The average molecular weight is 289 g/mol. The Morgan fingerprint density at radius 1 is 1.14 bits per heavy atom. The number of nitrogens with one attached hydrogen (secondary N) is 1. The summed E-state index contributed by atoms with van der Waals surface area (Å²) in [6.07, 6.45) is 5.49. The van der Waals surface area contributed by atoms with Crippen molar-refractivity contribution < 1.29 is 4.74 Å². The van der Waals surface area contributed by atoms with Crippen LogP contribution in [0, 0.1) is 5.92 Å². The van der Waals surface area contributed by atoms with E-state index in [-0.39, 0.29) is 0 Å². The maximum absolute atomic E-state index is 5.92. The summed E-state index contributed by atoms with van der Waals surface area (Å²) in [5, 5.41) is 3.54. The third-order valence-corrected chi connectivity index (χ3v) is 4.64. The second kappa shape index (κ2) is 8.55. The zero-order valence-corrected chi connectivity index (χ0v) is 13.9. The topological polar surface area (TPSA) is 21.3 Å². The molecule has 0 spiro atoms. The van der Waals surface area contributed by atoms with E-state index in [1.165, 1.54) is 36.8 Å². The smallest absolute Gasteiger partial charge is 0.0661 e. The Morgan fingerprint density at radius 3 is 2.33 bits per heavy atom. The van der Waals surface area contributed by atoms with Crippen LogP contribution >= 0.6 is 0 Å². The Labute approximate surface area is 130 Å². The predicted octanol–water partition coefficient (Wildman–Crippen LogP) is 4.67. The van der Waals surface area contributed by atoms with Gasteiger partial charge in [0.05, 0.1) is 12.6 Å². The molecule has 0 amide bonds. The molecule has 0 bridgehead atoms. The Hall–Kier alpha value is -0.860. The van der Waals surface area contributed by atoms with E-state index in [1.54, 1.807) is 0 Å². The fourth-order valence-electron chi connectivity index (χ4n) is 2.87. The van der Waals surface area contributed by atoms with Crippen molar-refractivity contribution in [2.24, 2.45) is 5.92 Å². The van der Waals surface area contributed by atoms with Crippen LogP contribution < -0.4 is 5.32 Å². The number of ether oxygens (including phenoxy) is 1. The first kappa shape index (κ1) is 16.5. The molecule has 118 valence electrons. The molecular weight excluding hydrogens is 258 g/mol. The van der Waals surface area contributed by atoms with Crippen molar-refractivity contribution >= 4 is 0 Å². The summed E-state index contributed by atoms with van der Waals surface area (Å²) in [4.78, 5) is 0. The van der Waals surface area contributed by atoms with E-state index in [0.29, 0.717) is 12.0 Å². The van der Waals surface area contributed by atoms with Crippen LogP contribution in [-0.2, 0) is 4.74 Å². The Balaban J connectivity index is 1.81. The lowest BCUT2D eigenvalue weighted by molar-refractivity contribution is 0.0891. The minimum atomic E-state index is 0.317. The molecule has 2 nitrogen and oxygen atoms in total. The zero-order chi connectivity index (χ0) is 15.1. The minimum Gasteiger partial charge on any atom is -0.379 e. The second-order valence-electron chi connectivity index (χ2n) is 6.59. The highest BCUT2D eigenvalue weighted by Crippen LogP contribution is 2.29. The summed E-state index contributed by atoms with van der Waals surface area (Å²) in [6.45, 7) is 9.30. The molecule has 2 heteroatoms. The van der Waals surface area contributed by atoms with Gasteiger partial charge in [0.25, 0.3) is 0 Å². The maximum Gasteiger partial charge on any atom is 0.0661 e.